The smallest absolute Gasteiger partial charge is 0.336 e. The van der Waals surface area contributed by atoms with Crippen LogP contribution in [0.25, 0.3) is 11.0 Å². The molecule has 0 aliphatic heterocycles. The number of esters is 1. The monoisotopic (exact) mass is 367 g/mol. The van der Waals surface area contributed by atoms with Crippen LogP contribution in [0.1, 0.15) is 25.0 Å². The van der Waals surface area contributed by atoms with Gasteiger partial charge in [-0.1, -0.05) is 18.2 Å². The minimum atomic E-state index is -1.26. The molecule has 0 saturated carbocycles. The Hall–Kier alpha value is -3.48. The normalized spacial score (nSPS) is 11.4. The maximum atomic E-state index is 12.7. The summed E-state index contributed by atoms with van der Waals surface area (Å²) in [6.45, 7) is 4.90. The van der Waals surface area contributed by atoms with Gasteiger partial charge in [0.1, 0.15) is 11.3 Å². The zero-order valence-electron chi connectivity index (χ0n) is 15.0. The molecule has 0 radical (unpaired) electrons. The molecule has 0 amide bonds. The van der Waals surface area contributed by atoms with Crippen LogP contribution in [0.15, 0.2) is 57.7 Å². The lowest BCUT2D eigenvalue weighted by Crippen LogP contribution is -2.33. The Morgan fingerprint density at radius 3 is 2.56 bits per heavy atom. The lowest BCUT2D eigenvalue weighted by atomic mass is 9.83. The van der Waals surface area contributed by atoms with Crippen LogP contribution in [-0.4, -0.2) is 10.9 Å². The van der Waals surface area contributed by atoms with Gasteiger partial charge in [0.25, 0.3) is 5.69 Å². The van der Waals surface area contributed by atoms with Gasteiger partial charge in [-0.2, -0.15) is 0 Å². The molecule has 0 bridgehead atoms. The van der Waals surface area contributed by atoms with Crippen LogP contribution in [0, 0.1) is 17.0 Å². The summed E-state index contributed by atoms with van der Waals surface area (Å²) in [5.74, 6) is -0.473. The van der Waals surface area contributed by atoms with Gasteiger partial charge < -0.3 is 9.15 Å². The van der Waals surface area contributed by atoms with E-state index in [4.69, 9.17) is 9.15 Å². The van der Waals surface area contributed by atoms with E-state index >= 15 is 0 Å². The van der Waals surface area contributed by atoms with E-state index in [1.165, 1.54) is 30.3 Å². The zero-order valence-corrected chi connectivity index (χ0v) is 15.0. The first kappa shape index (κ1) is 18.3. The number of hydrogen-bond acceptors (Lipinski definition) is 6. The van der Waals surface area contributed by atoms with Gasteiger partial charge >= 0.3 is 11.6 Å². The molecule has 0 N–H and O–H groups in total. The van der Waals surface area contributed by atoms with Gasteiger partial charge in [-0.3, -0.25) is 14.9 Å². The van der Waals surface area contributed by atoms with Crippen LogP contribution >= 0.6 is 0 Å². The van der Waals surface area contributed by atoms with E-state index in [-0.39, 0.29) is 17.0 Å². The van der Waals surface area contributed by atoms with Crippen molar-refractivity contribution in [1.82, 2.24) is 0 Å². The van der Waals surface area contributed by atoms with Crippen molar-refractivity contribution in [3.05, 3.63) is 80.2 Å². The Morgan fingerprint density at radius 1 is 1.15 bits per heavy atom. The first-order valence-electron chi connectivity index (χ1n) is 8.21. The van der Waals surface area contributed by atoms with Crippen molar-refractivity contribution in [1.29, 1.82) is 0 Å². The Labute approximate surface area is 154 Å². The van der Waals surface area contributed by atoms with E-state index in [0.717, 1.165) is 10.9 Å². The van der Waals surface area contributed by atoms with Crippen molar-refractivity contribution in [2.24, 2.45) is 0 Å². The molecule has 1 heterocycles. The summed E-state index contributed by atoms with van der Waals surface area (Å²) in [5, 5.41) is 12.0. The molecule has 27 heavy (non-hydrogen) atoms. The van der Waals surface area contributed by atoms with Crippen LogP contribution in [0.3, 0.4) is 0 Å². The maximum absolute atomic E-state index is 12.7. The maximum Gasteiger partial charge on any atom is 0.336 e. The number of aryl methyl sites for hydroxylation is 1. The van der Waals surface area contributed by atoms with Crippen LogP contribution < -0.4 is 10.4 Å². The third-order valence-corrected chi connectivity index (χ3v) is 4.42. The van der Waals surface area contributed by atoms with Crippen molar-refractivity contribution in [3.63, 3.8) is 0 Å². The number of ether oxygens (including phenoxy) is 1. The molecule has 1 aromatic heterocycles. The number of nitrogens with zero attached hydrogens (tertiary/aromatic N) is 1. The Bertz CT molecular complexity index is 1110. The number of nitro benzene ring substituents is 1. The van der Waals surface area contributed by atoms with Crippen molar-refractivity contribution in [3.8, 4) is 5.75 Å². The van der Waals surface area contributed by atoms with E-state index in [0.29, 0.717) is 5.58 Å². The largest absolute Gasteiger partial charge is 0.426 e. The summed E-state index contributed by atoms with van der Waals surface area (Å²) in [7, 11) is 0. The quantitative estimate of drug-likeness (QED) is 0.228. The molecule has 2 aromatic carbocycles. The standard InChI is InChI=1S/C20H17NO6/c1-12-10-18(22)27-17-11-13(8-9-14(12)17)26-19(23)20(2,3)15-6-4-5-7-16(15)21(24)25/h4-11H,1-3H3. The molecular weight excluding hydrogens is 350 g/mol. The highest BCUT2D eigenvalue weighted by Crippen LogP contribution is 2.33. The molecule has 7 nitrogen and oxygen atoms in total. The average molecular weight is 367 g/mol. The Morgan fingerprint density at radius 2 is 1.85 bits per heavy atom. The lowest BCUT2D eigenvalue weighted by Gasteiger charge is -2.22. The third kappa shape index (κ3) is 3.44. The van der Waals surface area contributed by atoms with Crippen LogP contribution in [0.5, 0.6) is 5.75 Å². The summed E-state index contributed by atoms with van der Waals surface area (Å²) in [4.78, 5) is 35.0. The Balaban J connectivity index is 1.96. The second-order valence-electron chi connectivity index (χ2n) is 6.70. The fourth-order valence-corrected chi connectivity index (χ4v) is 2.87. The molecule has 0 fully saturated rings. The summed E-state index contributed by atoms with van der Waals surface area (Å²) in [6, 6.07) is 12.2. The molecule has 3 rings (SSSR count). The molecule has 0 aliphatic rings. The lowest BCUT2D eigenvalue weighted by molar-refractivity contribution is -0.386. The minimum absolute atomic E-state index is 0.153. The number of nitro groups is 1. The molecule has 0 atom stereocenters. The zero-order chi connectivity index (χ0) is 19.8. The second-order valence-corrected chi connectivity index (χ2v) is 6.70. The number of fused-ring (bicyclic) bond motifs is 1. The van der Waals surface area contributed by atoms with Gasteiger partial charge in [0.05, 0.1) is 10.3 Å². The molecule has 0 unspecified atom stereocenters. The highest BCUT2D eigenvalue weighted by Gasteiger charge is 2.37. The fraction of sp³-hybridized carbons (Fsp3) is 0.200. The summed E-state index contributed by atoms with van der Waals surface area (Å²) < 4.78 is 10.6. The number of benzene rings is 2. The van der Waals surface area contributed by atoms with E-state index in [1.807, 2.05) is 0 Å². The third-order valence-electron chi connectivity index (χ3n) is 4.42. The topological polar surface area (TPSA) is 99.7 Å². The first-order chi connectivity index (χ1) is 12.7. The van der Waals surface area contributed by atoms with E-state index in [2.05, 4.69) is 0 Å². The van der Waals surface area contributed by atoms with Gasteiger partial charge in [0.15, 0.2) is 0 Å². The van der Waals surface area contributed by atoms with Gasteiger partial charge in [-0.05, 0) is 38.5 Å². The van der Waals surface area contributed by atoms with Gasteiger partial charge in [-0.25, -0.2) is 4.79 Å². The van der Waals surface area contributed by atoms with Gasteiger partial charge in [0, 0.05) is 29.1 Å². The van der Waals surface area contributed by atoms with Crippen molar-refractivity contribution in [2.75, 3.05) is 0 Å². The summed E-state index contributed by atoms with van der Waals surface area (Å²) >= 11 is 0. The van der Waals surface area contributed by atoms with E-state index in [9.17, 15) is 19.7 Å². The van der Waals surface area contributed by atoms with Crippen LogP contribution in [0.4, 0.5) is 5.69 Å². The molecule has 3 aromatic rings. The number of hydrogen-bond donors (Lipinski definition) is 0. The molecule has 138 valence electrons. The van der Waals surface area contributed by atoms with Gasteiger partial charge in [0.2, 0.25) is 0 Å². The van der Waals surface area contributed by atoms with E-state index < -0.39 is 21.9 Å². The van der Waals surface area contributed by atoms with Crippen molar-refractivity contribution in [2.45, 2.75) is 26.2 Å². The van der Waals surface area contributed by atoms with Crippen LogP contribution in [0.2, 0.25) is 0 Å². The molecule has 7 heteroatoms. The number of carbonyl (C=O) groups excluding carboxylic acids is 1. The van der Waals surface area contributed by atoms with Gasteiger partial charge in [-0.15, -0.1) is 0 Å². The number of carbonyl (C=O) groups is 1. The number of para-hydroxylation sites is 1. The van der Waals surface area contributed by atoms with Crippen molar-refractivity contribution < 1.29 is 18.9 Å². The fourth-order valence-electron chi connectivity index (χ4n) is 2.87. The highest BCUT2D eigenvalue weighted by atomic mass is 16.6. The minimum Gasteiger partial charge on any atom is -0.426 e. The molecular formula is C20H17NO6. The molecule has 0 saturated heterocycles. The van der Waals surface area contributed by atoms with E-state index in [1.54, 1.807) is 39.0 Å². The average Bonchev–Trinajstić information content (AvgIpc) is 2.61. The SMILES string of the molecule is Cc1cc(=O)oc2cc(OC(=O)C(C)(C)c3ccccc3[N+](=O)[O-])ccc12. The predicted octanol–water partition coefficient (Wildman–Crippen LogP) is 3.89. The highest BCUT2D eigenvalue weighted by molar-refractivity contribution is 5.87. The molecule has 0 aliphatic carbocycles. The summed E-state index contributed by atoms with van der Waals surface area (Å²) in [5.41, 5.74) is -0.605. The Kier molecular flexibility index (Phi) is 4.53. The second kappa shape index (κ2) is 6.68. The number of rotatable bonds is 4. The van der Waals surface area contributed by atoms with Crippen molar-refractivity contribution >= 4 is 22.6 Å². The summed E-state index contributed by atoms with van der Waals surface area (Å²) in [6.07, 6.45) is 0. The molecule has 0 spiro atoms. The predicted molar refractivity (Wildman–Crippen MR) is 99.0 cm³/mol. The first-order valence-corrected chi connectivity index (χ1v) is 8.21. The van der Waals surface area contributed by atoms with Crippen LogP contribution in [-0.2, 0) is 10.2 Å².